The largest absolute Gasteiger partial charge is 0.355 e. The number of pyridine rings is 1. The number of carbonyl (C=O) groups is 2. The van der Waals surface area contributed by atoms with E-state index in [1.54, 1.807) is 11.1 Å². The summed E-state index contributed by atoms with van der Waals surface area (Å²) in [7, 11) is 0. The van der Waals surface area contributed by atoms with Crippen LogP contribution in [0.15, 0.2) is 24.4 Å². The molecule has 2 rings (SSSR count). The van der Waals surface area contributed by atoms with Gasteiger partial charge in [0.1, 0.15) is 0 Å². The molecule has 2 heterocycles. The van der Waals surface area contributed by atoms with Gasteiger partial charge in [-0.25, -0.2) is 0 Å². The van der Waals surface area contributed by atoms with Crippen LogP contribution in [-0.4, -0.2) is 41.3 Å². The number of nitrogens with one attached hydrogen (secondary N) is 1. The minimum Gasteiger partial charge on any atom is -0.355 e. The SMILES string of the molecule is NCCNC(=O)C1CC(=O)N(Cc2ccccn2)C1. The quantitative estimate of drug-likeness (QED) is 0.749. The van der Waals surface area contributed by atoms with E-state index in [2.05, 4.69) is 10.3 Å². The number of nitrogens with zero attached hydrogens (tertiary/aromatic N) is 2. The molecule has 19 heavy (non-hydrogen) atoms. The molecular weight excluding hydrogens is 244 g/mol. The molecule has 1 atom stereocenters. The van der Waals surface area contributed by atoms with Gasteiger partial charge in [-0.1, -0.05) is 6.07 Å². The summed E-state index contributed by atoms with van der Waals surface area (Å²) >= 11 is 0. The average molecular weight is 262 g/mol. The smallest absolute Gasteiger partial charge is 0.225 e. The van der Waals surface area contributed by atoms with Gasteiger partial charge < -0.3 is 16.0 Å². The molecule has 0 spiro atoms. The van der Waals surface area contributed by atoms with E-state index in [0.29, 0.717) is 26.2 Å². The first-order valence-corrected chi connectivity index (χ1v) is 6.36. The topological polar surface area (TPSA) is 88.3 Å². The number of amides is 2. The van der Waals surface area contributed by atoms with Gasteiger partial charge in [0.2, 0.25) is 11.8 Å². The molecule has 2 amide bonds. The molecule has 1 unspecified atom stereocenters. The first-order valence-electron chi connectivity index (χ1n) is 6.36. The standard InChI is InChI=1S/C13H18N4O2/c14-4-6-16-13(19)10-7-12(18)17(8-10)9-11-3-1-2-5-15-11/h1-3,5,10H,4,6-9,14H2,(H,16,19). The van der Waals surface area contributed by atoms with Crippen molar-refractivity contribution in [2.24, 2.45) is 11.7 Å². The van der Waals surface area contributed by atoms with E-state index < -0.39 is 0 Å². The van der Waals surface area contributed by atoms with Crippen LogP contribution in [0.25, 0.3) is 0 Å². The van der Waals surface area contributed by atoms with Crippen LogP contribution < -0.4 is 11.1 Å². The lowest BCUT2D eigenvalue weighted by molar-refractivity contribution is -0.129. The second-order valence-corrected chi connectivity index (χ2v) is 4.58. The summed E-state index contributed by atoms with van der Waals surface area (Å²) in [6.45, 7) is 1.76. The third-order valence-corrected chi connectivity index (χ3v) is 3.11. The molecule has 1 aromatic rings. The van der Waals surface area contributed by atoms with Crippen molar-refractivity contribution < 1.29 is 9.59 Å². The average Bonchev–Trinajstić information content (AvgIpc) is 2.79. The van der Waals surface area contributed by atoms with Crippen LogP contribution in [0.4, 0.5) is 0 Å². The number of rotatable bonds is 5. The van der Waals surface area contributed by atoms with Crippen molar-refractivity contribution in [2.75, 3.05) is 19.6 Å². The Balaban J connectivity index is 1.91. The third kappa shape index (κ3) is 3.51. The molecule has 1 aliphatic rings. The Morgan fingerprint density at radius 2 is 2.37 bits per heavy atom. The number of nitrogens with two attached hydrogens (primary N) is 1. The van der Waals surface area contributed by atoms with Crippen LogP contribution in [0.2, 0.25) is 0 Å². The second-order valence-electron chi connectivity index (χ2n) is 4.58. The molecule has 0 aromatic carbocycles. The first-order chi connectivity index (χ1) is 9.20. The number of likely N-dealkylation sites (tertiary alicyclic amines) is 1. The molecule has 1 saturated heterocycles. The Hall–Kier alpha value is -1.95. The Morgan fingerprint density at radius 3 is 3.05 bits per heavy atom. The van der Waals surface area contributed by atoms with Gasteiger partial charge >= 0.3 is 0 Å². The summed E-state index contributed by atoms with van der Waals surface area (Å²) in [6.07, 6.45) is 1.96. The van der Waals surface area contributed by atoms with Crippen molar-refractivity contribution in [3.63, 3.8) is 0 Å². The minimum atomic E-state index is -0.275. The number of aromatic nitrogens is 1. The van der Waals surface area contributed by atoms with E-state index in [0.717, 1.165) is 5.69 Å². The fourth-order valence-corrected chi connectivity index (χ4v) is 2.13. The molecule has 0 saturated carbocycles. The van der Waals surface area contributed by atoms with Gasteiger partial charge in [-0.15, -0.1) is 0 Å². The van der Waals surface area contributed by atoms with Gasteiger partial charge in [-0.05, 0) is 12.1 Å². The van der Waals surface area contributed by atoms with Crippen molar-refractivity contribution in [1.82, 2.24) is 15.2 Å². The third-order valence-electron chi connectivity index (χ3n) is 3.11. The monoisotopic (exact) mass is 262 g/mol. The van der Waals surface area contributed by atoms with Crippen LogP contribution in [0, 0.1) is 5.92 Å². The lowest BCUT2D eigenvalue weighted by atomic mass is 10.1. The highest BCUT2D eigenvalue weighted by atomic mass is 16.2. The van der Waals surface area contributed by atoms with E-state index >= 15 is 0 Å². The normalized spacial score (nSPS) is 18.7. The van der Waals surface area contributed by atoms with E-state index in [1.165, 1.54) is 0 Å². The van der Waals surface area contributed by atoms with Crippen molar-refractivity contribution in [3.05, 3.63) is 30.1 Å². The second kappa shape index (κ2) is 6.29. The lowest BCUT2D eigenvalue weighted by Gasteiger charge is -2.15. The molecule has 0 bridgehead atoms. The minimum absolute atomic E-state index is 0.00134. The van der Waals surface area contributed by atoms with Crippen molar-refractivity contribution >= 4 is 11.8 Å². The summed E-state index contributed by atoms with van der Waals surface area (Å²) in [5.74, 6) is -0.372. The highest BCUT2D eigenvalue weighted by molar-refractivity contribution is 5.89. The highest BCUT2D eigenvalue weighted by Crippen LogP contribution is 2.19. The summed E-state index contributed by atoms with van der Waals surface area (Å²) < 4.78 is 0. The van der Waals surface area contributed by atoms with E-state index in [9.17, 15) is 9.59 Å². The molecule has 6 nitrogen and oxygen atoms in total. The zero-order valence-corrected chi connectivity index (χ0v) is 10.7. The Kier molecular flexibility index (Phi) is 4.46. The van der Waals surface area contributed by atoms with Crippen LogP contribution in [0.1, 0.15) is 12.1 Å². The molecule has 1 aliphatic heterocycles. The Labute approximate surface area is 112 Å². The molecule has 6 heteroatoms. The number of hydrogen-bond acceptors (Lipinski definition) is 4. The molecule has 1 fully saturated rings. The van der Waals surface area contributed by atoms with E-state index in [4.69, 9.17) is 5.73 Å². The van der Waals surface area contributed by atoms with Gasteiger partial charge in [-0.3, -0.25) is 14.6 Å². The van der Waals surface area contributed by atoms with Crippen LogP contribution in [0.5, 0.6) is 0 Å². The molecule has 0 radical (unpaired) electrons. The Bertz CT molecular complexity index is 449. The fraction of sp³-hybridized carbons (Fsp3) is 0.462. The van der Waals surface area contributed by atoms with Gasteiger partial charge in [0.05, 0.1) is 18.2 Å². The van der Waals surface area contributed by atoms with Crippen molar-refractivity contribution in [1.29, 1.82) is 0 Å². The van der Waals surface area contributed by atoms with Gasteiger partial charge in [-0.2, -0.15) is 0 Å². The summed E-state index contributed by atoms with van der Waals surface area (Å²) in [5, 5.41) is 2.72. The number of carbonyl (C=O) groups excluding carboxylic acids is 2. The lowest BCUT2D eigenvalue weighted by Crippen LogP contribution is -2.35. The molecular formula is C13H18N4O2. The summed E-state index contributed by atoms with van der Waals surface area (Å²) in [6, 6.07) is 5.59. The van der Waals surface area contributed by atoms with Gasteiger partial charge in [0.25, 0.3) is 0 Å². The summed E-state index contributed by atoms with van der Waals surface area (Å²) in [5.41, 5.74) is 6.16. The number of hydrogen-bond donors (Lipinski definition) is 2. The molecule has 102 valence electrons. The van der Waals surface area contributed by atoms with Gasteiger partial charge in [0.15, 0.2) is 0 Å². The highest BCUT2D eigenvalue weighted by Gasteiger charge is 2.34. The van der Waals surface area contributed by atoms with Crippen molar-refractivity contribution in [2.45, 2.75) is 13.0 Å². The van der Waals surface area contributed by atoms with Crippen LogP contribution in [0.3, 0.4) is 0 Å². The molecule has 1 aromatic heterocycles. The van der Waals surface area contributed by atoms with E-state index in [-0.39, 0.29) is 24.2 Å². The maximum Gasteiger partial charge on any atom is 0.225 e. The molecule has 3 N–H and O–H groups in total. The zero-order chi connectivity index (χ0) is 13.7. The first kappa shape index (κ1) is 13.5. The fourth-order valence-electron chi connectivity index (χ4n) is 2.13. The van der Waals surface area contributed by atoms with E-state index in [1.807, 2.05) is 18.2 Å². The maximum absolute atomic E-state index is 11.9. The van der Waals surface area contributed by atoms with Crippen molar-refractivity contribution in [3.8, 4) is 0 Å². The van der Waals surface area contributed by atoms with Gasteiger partial charge in [0, 0.05) is 32.3 Å². The van der Waals surface area contributed by atoms with Crippen LogP contribution in [-0.2, 0) is 16.1 Å². The predicted octanol–water partition coefficient (Wildman–Crippen LogP) is -0.495. The Morgan fingerprint density at radius 1 is 1.53 bits per heavy atom. The van der Waals surface area contributed by atoms with Crippen LogP contribution >= 0.6 is 0 Å². The summed E-state index contributed by atoms with van der Waals surface area (Å²) in [4.78, 5) is 29.5. The maximum atomic E-state index is 11.9. The predicted molar refractivity (Wildman–Crippen MR) is 69.8 cm³/mol. The molecule has 0 aliphatic carbocycles. The zero-order valence-electron chi connectivity index (χ0n) is 10.7.